The summed E-state index contributed by atoms with van der Waals surface area (Å²) in [6.45, 7) is 8.40. The molecule has 0 spiro atoms. The highest BCUT2D eigenvalue weighted by Crippen LogP contribution is 2.49. The van der Waals surface area contributed by atoms with Crippen LogP contribution in [-0.2, 0) is 14.9 Å². The molecule has 190 valence electrons. The monoisotopic (exact) mass is 492 g/mol. The Morgan fingerprint density at radius 3 is 2.67 bits per heavy atom. The van der Waals surface area contributed by atoms with E-state index in [1.54, 1.807) is 26.3 Å². The predicted molar refractivity (Wildman–Crippen MR) is 137 cm³/mol. The van der Waals surface area contributed by atoms with Gasteiger partial charge in [0.05, 0.1) is 29.3 Å². The molecule has 1 saturated carbocycles. The van der Waals surface area contributed by atoms with Crippen LogP contribution in [0.4, 0.5) is 4.39 Å². The van der Waals surface area contributed by atoms with Crippen LogP contribution in [0.5, 0.6) is 0 Å². The molecule has 1 fully saturated rings. The summed E-state index contributed by atoms with van der Waals surface area (Å²) < 4.78 is 22.1. The van der Waals surface area contributed by atoms with Gasteiger partial charge in [-0.05, 0) is 75.3 Å². The van der Waals surface area contributed by atoms with Crippen LogP contribution in [0.1, 0.15) is 69.2 Å². The van der Waals surface area contributed by atoms with Crippen LogP contribution < -0.4 is 0 Å². The van der Waals surface area contributed by atoms with Crippen molar-refractivity contribution in [1.29, 1.82) is 0 Å². The predicted octanol–water partition coefficient (Wildman–Crippen LogP) is 6.02. The van der Waals surface area contributed by atoms with Crippen molar-refractivity contribution in [3.05, 3.63) is 53.1 Å². The second-order valence-corrected chi connectivity index (χ2v) is 11.2. The molecule has 3 aromatic heterocycles. The molecule has 0 radical (unpaired) electrons. The number of pyridine rings is 1. The maximum atomic E-state index is 14.3. The summed E-state index contributed by atoms with van der Waals surface area (Å²) in [7, 11) is 1.70. The lowest BCUT2D eigenvalue weighted by Crippen LogP contribution is -2.33. The van der Waals surface area contributed by atoms with Crippen LogP contribution in [0.2, 0.25) is 0 Å². The zero-order valence-electron chi connectivity index (χ0n) is 21.5. The van der Waals surface area contributed by atoms with Gasteiger partial charge < -0.3 is 14.4 Å². The van der Waals surface area contributed by atoms with E-state index in [9.17, 15) is 14.3 Å². The van der Waals surface area contributed by atoms with Crippen LogP contribution in [0.15, 0.2) is 30.5 Å². The third-order valence-corrected chi connectivity index (χ3v) is 7.94. The number of nitrogens with one attached hydrogen (secondary N) is 1. The number of H-pyrrole nitrogens is 1. The van der Waals surface area contributed by atoms with E-state index < -0.39 is 16.8 Å². The fourth-order valence-electron chi connectivity index (χ4n) is 5.87. The summed E-state index contributed by atoms with van der Waals surface area (Å²) in [5.74, 6) is -0.840. The van der Waals surface area contributed by atoms with Crippen molar-refractivity contribution in [3.8, 4) is 5.69 Å². The first kappa shape index (κ1) is 24.4. The second-order valence-electron chi connectivity index (χ2n) is 11.2. The Morgan fingerprint density at radius 1 is 1.31 bits per heavy atom. The molecule has 0 unspecified atom stereocenters. The highest BCUT2D eigenvalue weighted by Gasteiger charge is 2.41. The van der Waals surface area contributed by atoms with Gasteiger partial charge in [0, 0.05) is 34.9 Å². The Morgan fingerprint density at radius 2 is 2.03 bits per heavy atom. The van der Waals surface area contributed by atoms with E-state index in [1.165, 1.54) is 6.07 Å². The highest BCUT2D eigenvalue weighted by atomic mass is 19.1. The molecular formula is C28H33FN4O3. The molecule has 0 bridgehead atoms. The summed E-state index contributed by atoms with van der Waals surface area (Å²) in [5.41, 5.74) is 5.02. The summed E-state index contributed by atoms with van der Waals surface area (Å²) >= 11 is 0. The normalized spacial score (nSPS) is 20.9. The molecule has 0 amide bonds. The Balaban J connectivity index is 1.82. The Bertz CT molecular complexity index is 1460. The van der Waals surface area contributed by atoms with Crippen molar-refractivity contribution in [1.82, 2.24) is 19.7 Å². The van der Waals surface area contributed by atoms with Crippen LogP contribution in [0.25, 0.3) is 27.8 Å². The van der Waals surface area contributed by atoms with Gasteiger partial charge in [0.15, 0.2) is 5.65 Å². The molecule has 1 aliphatic carbocycles. The van der Waals surface area contributed by atoms with Crippen LogP contribution in [0.3, 0.4) is 0 Å². The number of nitrogens with zero attached hydrogens (tertiary/aromatic N) is 3. The standard InChI is InChI=1S/C28H33FN4O3/c1-16-12-19(6-7-20(16)29)33-21-13-18-14-30-32-25(18)31-23(21)22(24(33)27(2,3)15-36-5)17-8-10-28(4,11-9-17)26(34)35/h6-7,12-14,17H,8-11,15H2,1-5H3,(H,34,35)(H,30,31,32). The number of rotatable bonds is 6. The van der Waals surface area contributed by atoms with Crippen molar-refractivity contribution >= 4 is 28.0 Å². The van der Waals surface area contributed by atoms with Crippen molar-refractivity contribution in [3.63, 3.8) is 0 Å². The number of halogens is 1. The number of ether oxygens (including phenoxy) is 1. The van der Waals surface area contributed by atoms with Gasteiger partial charge in [-0.3, -0.25) is 9.89 Å². The number of carbonyl (C=O) groups is 1. The van der Waals surface area contributed by atoms with Crippen LogP contribution >= 0.6 is 0 Å². The van der Waals surface area contributed by atoms with Crippen LogP contribution in [-0.4, -0.2) is 44.5 Å². The molecule has 36 heavy (non-hydrogen) atoms. The lowest BCUT2D eigenvalue weighted by atomic mass is 9.69. The van der Waals surface area contributed by atoms with Gasteiger partial charge in [-0.25, -0.2) is 9.37 Å². The van der Waals surface area contributed by atoms with E-state index in [1.807, 2.05) is 13.0 Å². The molecule has 5 rings (SSSR count). The largest absolute Gasteiger partial charge is 0.481 e. The minimum Gasteiger partial charge on any atom is -0.481 e. The summed E-state index contributed by atoms with van der Waals surface area (Å²) in [6, 6.07) is 7.26. The lowest BCUT2D eigenvalue weighted by molar-refractivity contribution is -0.149. The molecule has 4 aromatic rings. The van der Waals surface area contributed by atoms with Gasteiger partial charge in [0.2, 0.25) is 0 Å². The quantitative estimate of drug-likeness (QED) is 0.343. The van der Waals surface area contributed by atoms with Gasteiger partial charge in [-0.15, -0.1) is 0 Å². The highest BCUT2D eigenvalue weighted by molar-refractivity contribution is 5.94. The van der Waals surface area contributed by atoms with Gasteiger partial charge in [-0.1, -0.05) is 13.8 Å². The van der Waals surface area contributed by atoms with Crippen molar-refractivity contribution in [2.45, 2.75) is 64.7 Å². The maximum Gasteiger partial charge on any atom is 0.309 e. The zero-order valence-corrected chi connectivity index (χ0v) is 21.5. The smallest absolute Gasteiger partial charge is 0.309 e. The molecule has 2 N–H and O–H groups in total. The van der Waals surface area contributed by atoms with E-state index in [2.05, 4.69) is 34.7 Å². The van der Waals surface area contributed by atoms with Gasteiger partial charge >= 0.3 is 5.97 Å². The number of carboxylic acid groups (broad SMARTS) is 1. The van der Waals surface area contributed by atoms with E-state index in [-0.39, 0.29) is 11.7 Å². The number of methoxy groups -OCH3 is 1. The molecule has 1 aliphatic rings. The average Bonchev–Trinajstić information content (AvgIpc) is 3.42. The molecule has 0 saturated heterocycles. The number of aromatic amines is 1. The molecule has 3 heterocycles. The number of aliphatic carboxylic acids is 1. The number of carboxylic acids is 1. The van der Waals surface area contributed by atoms with Crippen LogP contribution in [0, 0.1) is 18.2 Å². The molecule has 8 heteroatoms. The third-order valence-electron chi connectivity index (χ3n) is 7.94. The van der Waals surface area contributed by atoms with Gasteiger partial charge in [-0.2, -0.15) is 5.10 Å². The second kappa shape index (κ2) is 8.69. The van der Waals surface area contributed by atoms with Crippen molar-refractivity contribution in [2.75, 3.05) is 13.7 Å². The number of fused-ring (bicyclic) bond motifs is 2. The zero-order chi connectivity index (χ0) is 25.8. The third kappa shape index (κ3) is 3.88. The Labute approximate surface area is 209 Å². The number of hydrogen-bond acceptors (Lipinski definition) is 4. The van der Waals surface area contributed by atoms with E-state index in [0.717, 1.165) is 46.2 Å². The van der Waals surface area contributed by atoms with E-state index >= 15 is 0 Å². The summed E-state index contributed by atoms with van der Waals surface area (Å²) in [4.78, 5) is 17.0. The topological polar surface area (TPSA) is 93.0 Å². The van der Waals surface area contributed by atoms with Gasteiger partial charge in [0.25, 0.3) is 0 Å². The first-order chi connectivity index (χ1) is 17.1. The lowest BCUT2D eigenvalue weighted by Gasteiger charge is -2.36. The Hall–Kier alpha value is -3.26. The number of hydrogen-bond donors (Lipinski definition) is 2. The fourth-order valence-corrected chi connectivity index (χ4v) is 5.87. The number of aromatic nitrogens is 4. The van der Waals surface area contributed by atoms with Gasteiger partial charge in [0.1, 0.15) is 5.82 Å². The number of benzene rings is 1. The molecular weight excluding hydrogens is 459 g/mol. The van der Waals surface area contributed by atoms with Crippen molar-refractivity contribution in [2.24, 2.45) is 5.41 Å². The molecule has 1 aromatic carbocycles. The minimum absolute atomic E-state index is 0.140. The molecule has 7 nitrogen and oxygen atoms in total. The Kier molecular flexibility index (Phi) is 5.90. The fraction of sp³-hybridized carbons (Fsp3) is 0.464. The maximum absolute atomic E-state index is 14.3. The molecule has 0 atom stereocenters. The molecule has 0 aliphatic heterocycles. The minimum atomic E-state index is -0.734. The first-order valence-electron chi connectivity index (χ1n) is 12.4. The SMILES string of the molecule is COCC(C)(C)c1c(C2CCC(C)(C(=O)O)CC2)c2nc3[nH]ncc3cc2n1-c1ccc(F)c(C)c1. The summed E-state index contributed by atoms with van der Waals surface area (Å²) in [6.07, 6.45) is 4.47. The summed E-state index contributed by atoms with van der Waals surface area (Å²) in [5, 5.41) is 17.9. The van der Waals surface area contributed by atoms with Crippen molar-refractivity contribution < 1.29 is 19.0 Å². The first-order valence-corrected chi connectivity index (χ1v) is 12.4. The van der Waals surface area contributed by atoms with E-state index in [0.29, 0.717) is 30.7 Å². The average molecular weight is 493 g/mol. The number of aryl methyl sites for hydroxylation is 1. The van der Waals surface area contributed by atoms with E-state index in [4.69, 9.17) is 9.72 Å².